The smallest absolute Gasteiger partial charge is 0.163 e. The number of morpholine rings is 1. The monoisotopic (exact) mass is 209 g/mol. The number of hydrogen-bond acceptors (Lipinski definition) is 3. The number of carbonyl (C=O) groups is 1. The average Bonchev–Trinajstić information content (AvgIpc) is 2.17. The second-order valence-corrected chi connectivity index (χ2v) is 4.78. The van der Waals surface area contributed by atoms with Gasteiger partial charge < -0.3 is 10.1 Å². The van der Waals surface area contributed by atoms with Gasteiger partial charge in [-0.3, -0.25) is 4.79 Å². The molecule has 0 radical (unpaired) electrons. The quantitative estimate of drug-likeness (QED) is 0.689. The highest BCUT2D eigenvalue weighted by Gasteiger charge is 2.19. The molecule has 15 heavy (non-hydrogen) atoms. The number of ketones is 1. The molecule has 1 N–H and O–H groups in total. The van der Waals surface area contributed by atoms with E-state index in [0.717, 1.165) is 6.54 Å². The number of Topliss-reactive ketones (excluding diaryl/α,β-unsaturated/α-hetero) is 1. The highest BCUT2D eigenvalue weighted by atomic mass is 16.5. The first-order valence-corrected chi connectivity index (χ1v) is 5.33. The molecule has 1 aliphatic rings. The van der Waals surface area contributed by atoms with Gasteiger partial charge >= 0.3 is 0 Å². The van der Waals surface area contributed by atoms with Gasteiger partial charge in [0.2, 0.25) is 0 Å². The van der Waals surface area contributed by atoms with Crippen molar-refractivity contribution in [2.24, 2.45) is 5.41 Å². The van der Waals surface area contributed by atoms with Crippen LogP contribution in [0.25, 0.3) is 0 Å². The van der Waals surface area contributed by atoms with Gasteiger partial charge in [-0.05, 0) is 20.8 Å². The van der Waals surface area contributed by atoms with Crippen LogP contribution in [-0.4, -0.2) is 31.6 Å². The van der Waals surface area contributed by atoms with Crippen molar-refractivity contribution in [3.63, 3.8) is 0 Å². The summed E-state index contributed by atoms with van der Waals surface area (Å²) in [6, 6.07) is -0.159. The number of nitrogens with one attached hydrogen (secondary N) is 1. The van der Waals surface area contributed by atoms with E-state index in [0.29, 0.717) is 19.6 Å². The van der Waals surface area contributed by atoms with E-state index in [-0.39, 0.29) is 17.2 Å². The van der Waals surface area contributed by atoms with Gasteiger partial charge in [-0.25, -0.2) is 0 Å². The zero-order valence-corrected chi connectivity index (χ0v) is 9.72. The summed E-state index contributed by atoms with van der Waals surface area (Å²) in [5, 5.41) is 3.12. The summed E-state index contributed by atoms with van der Waals surface area (Å²) in [5.74, 6) is 6.11. The molecule has 1 atom stereocenters. The Labute approximate surface area is 91.6 Å². The third-order valence-electron chi connectivity index (χ3n) is 2.04. The lowest BCUT2D eigenvalue weighted by atomic mass is 9.97. The van der Waals surface area contributed by atoms with Gasteiger partial charge in [0.25, 0.3) is 0 Å². The average molecular weight is 209 g/mol. The Kier molecular flexibility index (Phi) is 4.31. The van der Waals surface area contributed by atoms with Gasteiger partial charge in [-0.1, -0.05) is 11.8 Å². The Bertz CT molecular complexity index is 274. The van der Waals surface area contributed by atoms with Crippen molar-refractivity contribution in [3.8, 4) is 11.8 Å². The van der Waals surface area contributed by atoms with Gasteiger partial charge in [0.05, 0.1) is 25.7 Å². The van der Waals surface area contributed by atoms with Gasteiger partial charge in [0.1, 0.15) is 0 Å². The lowest BCUT2D eigenvalue weighted by Crippen LogP contribution is -2.46. The summed E-state index contributed by atoms with van der Waals surface area (Å²) >= 11 is 0. The van der Waals surface area contributed by atoms with Crippen LogP contribution in [0.15, 0.2) is 0 Å². The van der Waals surface area contributed by atoms with Crippen molar-refractivity contribution in [2.75, 3.05) is 19.8 Å². The molecule has 0 aliphatic carbocycles. The summed E-state index contributed by atoms with van der Waals surface area (Å²) in [6.07, 6.45) is 0.318. The maximum absolute atomic E-state index is 11.6. The van der Waals surface area contributed by atoms with Gasteiger partial charge in [0.15, 0.2) is 5.78 Å². The molecular weight excluding hydrogens is 190 g/mol. The molecule has 1 heterocycles. The lowest BCUT2D eigenvalue weighted by molar-refractivity contribution is -0.122. The largest absolute Gasteiger partial charge is 0.378 e. The van der Waals surface area contributed by atoms with Crippen LogP contribution in [0.3, 0.4) is 0 Å². The van der Waals surface area contributed by atoms with E-state index < -0.39 is 0 Å². The second-order valence-electron chi connectivity index (χ2n) is 4.78. The van der Waals surface area contributed by atoms with E-state index in [1.165, 1.54) is 0 Å². The Hall–Kier alpha value is -0.850. The molecule has 0 aromatic rings. The molecule has 0 aromatic heterocycles. The maximum Gasteiger partial charge on any atom is 0.163 e. The first-order chi connectivity index (χ1) is 6.99. The fourth-order valence-electron chi connectivity index (χ4n) is 1.29. The molecule has 0 amide bonds. The van der Waals surface area contributed by atoms with E-state index in [9.17, 15) is 4.79 Å². The normalized spacial score (nSPS) is 21.7. The van der Waals surface area contributed by atoms with E-state index in [4.69, 9.17) is 4.74 Å². The van der Waals surface area contributed by atoms with Gasteiger partial charge in [0, 0.05) is 12.0 Å². The highest BCUT2D eigenvalue weighted by Crippen LogP contribution is 2.10. The second kappa shape index (κ2) is 5.29. The summed E-state index contributed by atoms with van der Waals surface area (Å²) in [7, 11) is 0. The molecule has 3 nitrogen and oxygen atoms in total. The molecule has 1 rings (SSSR count). The van der Waals surface area contributed by atoms with Gasteiger partial charge in [-0.15, -0.1) is 0 Å². The molecule has 84 valence electrons. The SMILES string of the molecule is CC(C)(C)C#CCC(=O)C1COCCN1. The molecular formula is C12H19NO2. The van der Waals surface area contributed by atoms with E-state index in [1.54, 1.807) is 0 Å². The van der Waals surface area contributed by atoms with E-state index in [1.807, 2.05) is 20.8 Å². The van der Waals surface area contributed by atoms with E-state index in [2.05, 4.69) is 17.2 Å². The number of hydrogen-bond donors (Lipinski definition) is 1. The fourth-order valence-corrected chi connectivity index (χ4v) is 1.29. The minimum absolute atomic E-state index is 0.0310. The summed E-state index contributed by atoms with van der Waals surface area (Å²) in [4.78, 5) is 11.6. The van der Waals surface area contributed by atoms with Crippen molar-refractivity contribution in [1.82, 2.24) is 5.32 Å². The lowest BCUT2D eigenvalue weighted by Gasteiger charge is -2.21. The van der Waals surface area contributed by atoms with Crippen molar-refractivity contribution in [1.29, 1.82) is 0 Å². The van der Waals surface area contributed by atoms with Crippen LogP contribution in [0.4, 0.5) is 0 Å². The fraction of sp³-hybridized carbons (Fsp3) is 0.750. The summed E-state index contributed by atoms with van der Waals surface area (Å²) in [6.45, 7) is 8.03. The van der Waals surface area contributed by atoms with Crippen molar-refractivity contribution < 1.29 is 9.53 Å². The van der Waals surface area contributed by atoms with Crippen LogP contribution in [0.5, 0.6) is 0 Å². The number of carbonyl (C=O) groups excluding carboxylic acids is 1. The topological polar surface area (TPSA) is 38.3 Å². The standard InChI is InChI=1S/C12H19NO2/c1-12(2,3)6-4-5-11(14)10-9-15-8-7-13-10/h10,13H,5,7-9H2,1-3H3. The van der Waals surface area contributed by atoms with Crippen LogP contribution >= 0.6 is 0 Å². The highest BCUT2D eigenvalue weighted by molar-refractivity contribution is 5.86. The van der Waals surface area contributed by atoms with E-state index >= 15 is 0 Å². The molecule has 0 aromatic carbocycles. The van der Waals surface area contributed by atoms with Gasteiger partial charge in [-0.2, -0.15) is 0 Å². The molecule has 3 heteroatoms. The first kappa shape index (κ1) is 12.2. The minimum Gasteiger partial charge on any atom is -0.378 e. The molecule has 1 aliphatic heterocycles. The molecule has 1 saturated heterocycles. The minimum atomic E-state index is -0.159. The van der Waals surface area contributed by atoms with Crippen LogP contribution in [0, 0.1) is 17.3 Å². The summed E-state index contributed by atoms with van der Waals surface area (Å²) < 4.78 is 5.22. The Balaban J connectivity index is 2.37. The third-order valence-corrected chi connectivity index (χ3v) is 2.04. The Morgan fingerprint density at radius 2 is 2.27 bits per heavy atom. The Morgan fingerprint density at radius 3 is 2.80 bits per heavy atom. The van der Waals surface area contributed by atoms with Crippen molar-refractivity contribution in [3.05, 3.63) is 0 Å². The zero-order chi connectivity index (χ0) is 11.3. The van der Waals surface area contributed by atoms with Crippen LogP contribution in [-0.2, 0) is 9.53 Å². The third kappa shape index (κ3) is 4.96. The predicted octanol–water partition coefficient (Wildman–Crippen LogP) is 0.983. The first-order valence-electron chi connectivity index (χ1n) is 5.33. The van der Waals surface area contributed by atoms with Crippen LogP contribution in [0.2, 0.25) is 0 Å². The molecule has 0 spiro atoms. The molecule has 1 fully saturated rings. The molecule has 1 unspecified atom stereocenters. The number of ether oxygens (including phenoxy) is 1. The predicted molar refractivity (Wildman–Crippen MR) is 59.5 cm³/mol. The zero-order valence-electron chi connectivity index (χ0n) is 9.72. The van der Waals surface area contributed by atoms with Crippen LogP contribution in [0.1, 0.15) is 27.2 Å². The van der Waals surface area contributed by atoms with Crippen molar-refractivity contribution >= 4 is 5.78 Å². The van der Waals surface area contributed by atoms with Crippen molar-refractivity contribution in [2.45, 2.75) is 33.2 Å². The maximum atomic E-state index is 11.6. The summed E-state index contributed by atoms with van der Waals surface area (Å²) in [5.41, 5.74) is -0.0310. The number of rotatable bonds is 2. The molecule has 0 bridgehead atoms. The Morgan fingerprint density at radius 1 is 1.53 bits per heavy atom. The van der Waals surface area contributed by atoms with Crippen LogP contribution < -0.4 is 5.32 Å². The molecule has 0 saturated carbocycles.